The Morgan fingerprint density at radius 3 is 2.39 bits per heavy atom. The third-order valence-corrected chi connectivity index (χ3v) is 3.86. The average Bonchev–Trinajstić information content (AvgIpc) is 2.34. The molecular weight excluding hydrogens is 228 g/mol. The van der Waals surface area contributed by atoms with Crippen LogP contribution < -0.4 is 0 Å². The highest BCUT2D eigenvalue weighted by molar-refractivity contribution is 5.71. The number of carboxylic acid groups (broad SMARTS) is 1. The molecule has 0 amide bonds. The maximum Gasteiger partial charge on any atom is 0.308 e. The van der Waals surface area contributed by atoms with Crippen LogP contribution in [0.25, 0.3) is 0 Å². The van der Waals surface area contributed by atoms with Crippen molar-refractivity contribution in [1.29, 1.82) is 0 Å². The molecular formula is C14H28N2O2. The first-order valence-corrected chi connectivity index (χ1v) is 7.17. The Labute approximate surface area is 111 Å². The van der Waals surface area contributed by atoms with Crippen molar-refractivity contribution >= 4 is 5.97 Å². The summed E-state index contributed by atoms with van der Waals surface area (Å²) >= 11 is 0. The lowest BCUT2D eigenvalue weighted by molar-refractivity contribution is -0.145. The summed E-state index contributed by atoms with van der Waals surface area (Å²) in [7, 11) is 4.14. The van der Waals surface area contributed by atoms with E-state index in [1.54, 1.807) is 0 Å². The number of carboxylic acids is 1. The highest BCUT2D eigenvalue weighted by atomic mass is 16.4. The summed E-state index contributed by atoms with van der Waals surface area (Å²) in [6.07, 6.45) is 5.24. The van der Waals surface area contributed by atoms with Crippen LogP contribution in [-0.2, 0) is 4.79 Å². The first kappa shape index (κ1) is 15.4. The molecule has 0 spiro atoms. The highest BCUT2D eigenvalue weighted by Gasteiger charge is 2.34. The first-order chi connectivity index (χ1) is 8.56. The number of nitrogens with zero attached hydrogens (tertiary/aromatic N) is 2. The summed E-state index contributed by atoms with van der Waals surface area (Å²) in [6.45, 7) is 5.17. The molecule has 0 aromatic carbocycles. The smallest absolute Gasteiger partial charge is 0.308 e. The van der Waals surface area contributed by atoms with E-state index in [4.69, 9.17) is 0 Å². The van der Waals surface area contributed by atoms with Crippen molar-refractivity contribution in [2.24, 2.45) is 5.92 Å². The van der Waals surface area contributed by atoms with Gasteiger partial charge in [0.15, 0.2) is 0 Å². The molecule has 18 heavy (non-hydrogen) atoms. The van der Waals surface area contributed by atoms with Crippen LogP contribution in [-0.4, -0.2) is 60.6 Å². The SMILES string of the molecule is CCCN(CCN(C)C)C1CCCCC1C(=O)O. The van der Waals surface area contributed by atoms with Crippen molar-refractivity contribution in [3.8, 4) is 0 Å². The Kier molecular flexibility index (Phi) is 6.65. The van der Waals surface area contributed by atoms with Crippen molar-refractivity contribution in [3.63, 3.8) is 0 Å². The Bertz CT molecular complexity index is 256. The fraction of sp³-hybridized carbons (Fsp3) is 0.929. The van der Waals surface area contributed by atoms with Crippen LogP contribution in [0.15, 0.2) is 0 Å². The van der Waals surface area contributed by atoms with Gasteiger partial charge in [0.1, 0.15) is 0 Å². The summed E-state index contributed by atoms with van der Waals surface area (Å²) in [5, 5.41) is 9.37. The molecule has 1 N–H and O–H groups in total. The summed E-state index contributed by atoms with van der Waals surface area (Å²) in [4.78, 5) is 15.9. The van der Waals surface area contributed by atoms with Crippen molar-refractivity contribution < 1.29 is 9.90 Å². The third kappa shape index (κ3) is 4.58. The molecule has 0 aliphatic heterocycles. The monoisotopic (exact) mass is 256 g/mol. The number of hydrogen-bond acceptors (Lipinski definition) is 3. The Morgan fingerprint density at radius 2 is 1.83 bits per heavy atom. The van der Waals surface area contributed by atoms with Crippen molar-refractivity contribution in [1.82, 2.24) is 9.80 Å². The molecule has 1 saturated carbocycles. The number of aliphatic carboxylic acids is 1. The second-order valence-corrected chi connectivity index (χ2v) is 5.64. The molecule has 1 aliphatic carbocycles. The van der Waals surface area contributed by atoms with E-state index in [0.29, 0.717) is 0 Å². The predicted molar refractivity (Wildman–Crippen MR) is 73.8 cm³/mol. The zero-order valence-electron chi connectivity index (χ0n) is 12.1. The van der Waals surface area contributed by atoms with E-state index in [0.717, 1.165) is 45.3 Å². The molecule has 1 fully saturated rings. The second kappa shape index (κ2) is 7.74. The molecule has 1 rings (SSSR count). The van der Waals surface area contributed by atoms with E-state index in [9.17, 15) is 9.90 Å². The molecule has 4 nitrogen and oxygen atoms in total. The predicted octanol–water partition coefficient (Wildman–Crippen LogP) is 1.90. The van der Waals surface area contributed by atoms with Crippen LogP contribution in [0.4, 0.5) is 0 Å². The Hall–Kier alpha value is -0.610. The van der Waals surface area contributed by atoms with E-state index < -0.39 is 5.97 Å². The van der Waals surface area contributed by atoms with Crippen LogP contribution in [0.3, 0.4) is 0 Å². The maximum atomic E-state index is 11.4. The fourth-order valence-electron chi connectivity index (χ4n) is 2.90. The van der Waals surface area contributed by atoms with Gasteiger partial charge in [-0.2, -0.15) is 0 Å². The molecule has 2 unspecified atom stereocenters. The largest absolute Gasteiger partial charge is 0.481 e. The van der Waals surface area contributed by atoms with Crippen LogP contribution in [0.1, 0.15) is 39.0 Å². The minimum Gasteiger partial charge on any atom is -0.481 e. The minimum atomic E-state index is -0.606. The standard InChI is InChI=1S/C14H28N2O2/c1-4-9-16(11-10-15(2)3)13-8-6-5-7-12(13)14(17)18/h12-13H,4-11H2,1-3H3,(H,17,18). The van der Waals surface area contributed by atoms with Gasteiger partial charge >= 0.3 is 5.97 Å². The first-order valence-electron chi connectivity index (χ1n) is 7.17. The molecule has 1 aliphatic rings. The quantitative estimate of drug-likeness (QED) is 0.755. The van der Waals surface area contributed by atoms with Gasteiger partial charge in [-0.25, -0.2) is 0 Å². The summed E-state index contributed by atoms with van der Waals surface area (Å²) < 4.78 is 0. The van der Waals surface area contributed by atoms with Gasteiger partial charge in [0, 0.05) is 19.1 Å². The van der Waals surface area contributed by atoms with Crippen molar-refractivity contribution in [2.45, 2.75) is 45.1 Å². The van der Waals surface area contributed by atoms with Crippen LogP contribution in [0.2, 0.25) is 0 Å². The van der Waals surface area contributed by atoms with Crippen LogP contribution in [0.5, 0.6) is 0 Å². The van der Waals surface area contributed by atoms with Gasteiger partial charge in [-0.05, 0) is 39.9 Å². The van der Waals surface area contributed by atoms with E-state index in [2.05, 4.69) is 30.8 Å². The van der Waals surface area contributed by atoms with Gasteiger partial charge < -0.3 is 10.0 Å². The lowest BCUT2D eigenvalue weighted by Gasteiger charge is -2.38. The van der Waals surface area contributed by atoms with Crippen LogP contribution in [0, 0.1) is 5.92 Å². The lowest BCUT2D eigenvalue weighted by Crippen LogP contribution is -2.47. The number of likely N-dealkylation sites (N-methyl/N-ethyl adjacent to an activating group) is 1. The topological polar surface area (TPSA) is 43.8 Å². The van der Waals surface area contributed by atoms with Gasteiger partial charge in [-0.15, -0.1) is 0 Å². The third-order valence-electron chi connectivity index (χ3n) is 3.86. The summed E-state index contributed by atoms with van der Waals surface area (Å²) in [5.41, 5.74) is 0. The molecule has 0 aromatic rings. The molecule has 0 aromatic heterocycles. The van der Waals surface area contributed by atoms with Crippen molar-refractivity contribution in [3.05, 3.63) is 0 Å². The molecule has 0 saturated heterocycles. The van der Waals surface area contributed by atoms with Gasteiger partial charge in [0.05, 0.1) is 5.92 Å². The number of hydrogen-bond donors (Lipinski definition) is 1. The Balaban J connectivity index is 2.64. The second-order valence-electron chi connectivity index (χ2n) is 5.64. The normalized spacial score (nSPS) is 24.7. The molecule has 0 heterocycles. The van der Waals surface area contributed by atoms with Crippen molar-refractivity contribution in [2.75, 3.05) is 33.7 Å². The molecule has 0 radical (unpaired) electrons. The number of carbonyl (C=O) groups is 1. The van der Waals surface area contributed by atoms with Gasteiger partial charge in [0.2, 0.25) is 0 Å². The van der Waals surface area contributed by atoms with Gasteiger partial charge in [-0.1, -0.05) is 19.8 Å². The summed E-state index contributed by atoms with van der Waals surface area (Å²) in [5.74, 6) is -0.766. The minimum absolute atomic E-state index is 0.160. The van der Waals surface area contributed by atoms with Crippen LogP contribution >= 0.6 is 0 Å². The van der Waals surface area contributed by atoms with E-state index in [1.807, 2.05) is 0 Å². The van der Waals surface area contributed by atoms with E-state index >= 15 is 0 Å². The molecule has 4 heteroatoms. The maximum absolute atomic E-state index is 11.4. The van der Waals surface area contributed by atoms with Gasteiger partial charge in [0.25, 0.3) is 0 Å². The van der Waals surface area contributed by atoms with E-state index in [1.165, 1.54) is 6.42 Å². The number of rotatable bonds is 7. The zero-order chi connectivity index (χ0) is 13.5. The molecule has 0 bridgehead atoms. The Morgan fingerprint density at radius 1 is 1.17 bits per heavy atom. The lowest BCUT2D eigenvalue weighted by atomic mass is 9.83. The molecule has 2 atom stereocenters. The zero-order valence-corrected chi connectivity index (χ0v) is 12.1. The highest BCUT2D eigenvalue weighted by Crippen LogP contribution is 2.28. The molecule has 106 valence electrons. The van der Waals surface area contributed by atoms with E-state index in [-0.39, 0.29) is 12.0 Å². The van der Waals surface area contributed by atoms with Gasteiger partial charge in [-0.3, -0.25) is 9.69 Å². The average molecular weight is 256 g/mol. The summed E-state index contributed by atoms with van der Waals surface area (Å²) in [6, 6.07) is 0.246. The fourth-order valence-corrected chi connectivity index (χ4v) is 2.90.